The summed E-state index contributed by atoms with van der Waals surface area (Å²) in [7, 11) is 0. The summed E-state index contributed by atoms with van der Waals surface area (Å²) in [6, 6.07) is 12.0. The van der Waals surface area contributed by atoms with Crippen molar-refractivity contribution in [3.8, 4) is 0 Å². The van der Waals surface area contributed by atoms with E-state index in [1.807, 2.05) is 0 Å². The van der Waals surface area contributed by atoms with Crippen LogP contribution in [-0.4, -0.2) is 25.2 Å². The summed E-state index contributed by atoms with van der Waals surface area (Å²) in [5.41, 5.74) is 1.66. The summed E-state index contributed by atoms with van der Waals surface area (Å²) < 4.78 is 0. The molecule has 0 radical (unpaired) electrons. The van der Waals surface area contributed by atoms with Crippen molar-refractivity contribution in [3.63, 3.8) is 0 Å². The van der Waals surface area contributed by atoms with E-state index in [4.69, 9.17) is 0 Å². The van der Waals surface area contributed by atoms with E-state index < -0.39 is 0 Å². The Labute approximate surface area is 118 Å². The molecule has 1 aromatic rings. The Bertz CT molecular complexity index is 391. The van der Waals surface area contributed by atoms with E-state index >= 15 is 0 Å². The van der Waals surface area contributed by atoms with Gasteiger partial charge >= 0.3 is 0 Å². The van der Waals surface area contributed by atoms with Gasteiger partial charge in [0.25, 0.3) is 0 Å². The summed E-state index contributed by atoms with van der Waals surface area (Å²) in [5, 5.41) is 3.75. The molecular formula is C17H28N2. The number of para-hydroxylation sites is 1. The molecule has 0 bridgehead atoms. The molecule has 1 aliphatic rings. The van der Waals surface area contributed by atoms with Crippen LogP contribution < -0.4 is 10.2 Å². The first kappa shape index (κ1) is 14.4. The van der Waals surface area contributed by atoms with E-state index in [1.54, 1.807) is 0 Å². The molecule has 1 N–H and O–H groups in total. The fourth-order valence-corrected chi connectivity index (χ4v) is 2.86. The van der Waals surface area contributed by atoms with Gasteiger partial charge < -0.3 is 10.2 Å². The van der Waals surface area contributed by atoms with Gasteiger partial charge in [-0.15, -0.1) is 0 Å². The first-order valence-electron chi connectivity index (χ1n) is 7.44. The lowest BCUT2D eigenvalue weighted by Crippen LogP contribution is -2.61. The molecule has 0 aromatic heterocycles. The van der Waals surface area contributed by atoms with Gasteiger partial charge in [-0.05, 0) is 23.5 Å². The number of benzene rings is 1. The van der Waals surface area contributed by atoms with Crippen molar-refractivity contribution in [2.24, 2.45) is 11.3 Å². The molecular weight excluding hydrogens is 232 g/mol. The van der Waals surface area contributed by atoms with Crippen LogP contribution in [0.3, 0.4) is 0 Å². The average molecular weight is 260 g/mol. The largest absolute Gasteiger partial charge is 0.365 e. The van der Waals surface area contributed by atoms with E-state index in [0.717, 1.165) is 13.1 Å². The standard InChI is InChI=1S/C17H28N2/c1-13(2)15-11-18-16(17(3,4)5)12-19(15)14-9-7-6-8-10-14/h6-10,13,15-16,18H,11-12H2,1-5H3. The van der Waals surface area contributed by atoms with Crippen LogP contribution in [0.5, 0.6) is 0 Å². The van der Waals surface area contributed by atoms with Gasteiger partial charge in [-0.25, -0.2) is 0 Å². The Morgan fingerprint density at radius 2 is 1.79 bits per heavy atom. The zero-order chi connectivity index (χ0) is 14.0. The van der Waals surface area contributed by atoms with Gasteiger partial charge in [0.1, 0.15) is 0 Å². The number of nitrogens with one attached hydrogen (secondary N) is 1. The van der Waals surface area contributed by atoms with Crippen LogP contribution in [0.25, 0.3) is 0 Å². The molecule has 1 aliphatic heterocycles. The second-order valence-corrected chi connectivity index (χ2v) is 7.13. The van der Waals surface area contributed by atoms with Gasteiger partial charge in [0.2, 0.25) is 0 Å². The average Bonchev–Trinajstić information content (AvgIpc) is 2.38. The quantitative estimate of drug-likeness (QED) is 0.875. The summed E-state index contributed by atoms with van der Waals surface area (Å²) in [6.07, 6.45) is 0. The molecule has 2 atom stereocenters. The monoisotopic (exact) mass is 260 g/mol. The molecule has 1 fully saturated rings. The van der Waals surface area contributed by atoms with E-state index in [-0.39, 0.29) is 0 Å². The highest BCUT2D eigenvalue weighted by molar-refractivity contribution is 5.48. The molecule has 0 saturated carbocycles. The van der Waals surface area contributed by atoms with Crippen molar-refractivity contribution in [1.82, 2.24) is 5.32 Å². The molecule has 2 nitrogen and oxygen atoms in total. The van der Waals surface area contributed by atoms with Gasteiger partial charge in [-0.2, -0.15) is 0 Å². The predicted octanol–water partition coefficient (Wildman–Crippen LogP) is 3.54. The van der Waals surface area contributed by atoms with Crippen molar-refractivity contribution in [2.75, 3.05) is 18.0 Å². The van der Waals surface area contributed by atoms with Gasteiger partial charge in [0.15, 0.2) is 0 Å². The molecule has 1 saturated heterocycles. The summed E-state index contributed by atoms with van der Waals surface area (Å²) in [6.45, 7) is 13.8. The smallest absolute Gasteiger partial charge is 0.0438 e. The molecule has 0 aliphatic carbocycles. The van der Waals surface area contributed by atoms with E-state index in [0.29, 0.717) is 23.4 Å². The lowest BCUT2D eigenvalue weighted by molar-refractivity contribution is 0.221. The van der Waals surface area contributed by atoms with Crippen molar-refractivity contribution in [1.29, 1.82) is 0 Å². The highest BCUT2D eigenvalue weighted by atomic mass is 15.2. The molecule has 2 heteroatoms. The number of hydrogen-bond donors (Lipinski definition) is 1. The third-order valence-electron chi connectivity index (χ3n) is 4.26. The van der Waals surface area contributed by atoms with E-state index in [2.05, 4.69) is 75.2 Å². The van der Waals surface area contributed by atoms with Crippen LogP contribution >= 0.6 is 0 Å². The van der Waals surface area contributed by atoms with Crippen LogP contribution in [0.15, 0.2) is 30.3 Å². The first-order chi connectivity index (χ1) is 8.89. The van der Waals surface area contributed by atoms with Gasteiger partial charge in [0, 0.05) is 30.9 Å². The third kappa shape index (κ3) is 3.30. The predicted molar refractivity (Wildman–Crippen MR) is 83.7 cm³/mol. The Kier molecular flexibility index (Phi) is 4.19. The molecule has 19 heavy (non-hydrogen) atoms. The highest BCUT2D eigenvalue weighted by Crippen LogP contribution is 2.29. The summed E-state index contributed by atoms with van der Waals surface area (Å²) in [5.74, 6) is 0.661. The Balaban J connectivity index is 2.23. The fraction of sp³-hybridized carbons (Fsp3) is 0.647. The van der Waals surface area contributed by atoms with E-state index in [9.17, 15) is 0 Å². The topological polar surface area (TPSA) is 15.3 Å². The maximum atomic E-state index is 3.75. The summed E-state index contributed by atoms with van der Waals surface area (Å²) >= 11 is 0. The number of rotatable bonds is 2. The maximum absolute atomic E-state index is 3.75. The normalized spacial score (nSPS) is 24.8. The SMILES string of the molecule is CC(C)C1CNC(C(C)(C)C)CN1c1ccccc1. The lowest BCUT2D eigenvalue weighted by atomic mass is 9.83. The zero-order valence-corrected chi connectivity index (χ0v) is 13.0. The van der Waals surface area contributed by atoms with Crippen molar-refractivity contribution in [2.45, 2.75) is 46.7 Å². The molecule has 2 rings (SSSR count). The van der Waals surface area contributed by atoms with Gasteiger partial charge in [0.05, 0.1) is 0 Å². The Morgan fingerprint density at radius 3 is 2.32 bits per heavy atom. The minimum Gasteiger partial charge on any atom is -0.365 e. The number of anilines is 1. The first-order valence-corrected chi connectivity index (χ1v) is 7.44. The Hall–Kier alpha value is -1.02. The fourth-order valence-electron chi connectivity index (χ4n) is 2.86. The lowest BCUT2D eigenvalue weighted by Gasteiger charge is -2.47. The maximum Gasteiger partial charge on any atom is 0.0438 e. The van der Waals surface area contributed by atoms with Crippen LogP contribution in [0.2, 0.25) is 0 Å². The number of nitrogens with zero attached hydrogens (tertiary/aromatic N) is 1. The van der Waals surface area contributed by atoms with Crippen molar-refractivity contribution >= 4 is 5.69 Å². The minimum absolute atomic E-state index is 0.301. The van der Waals surface area contributed by atoms with Crippen LogP contribution in [0.1, 0.15) is 34.6 Å². The van der Waals surface area contributed by atoms with Crippen LogP contribution in [-0.2, 0) is 0 Å². The van der Waals surface area contributed by atoms with Crippen LogP contribution in [0.4, 0.5) is 5.69 Å². The number of hydrogen-bond acceptors (Lipinski definition) is 2. The second-order valence-electron chi connectivity index (χ2n) is 7.13. The van der Waals surface area contributed by atoms with Gasteiger partial charge in [-0.3, -0.25) is 0 Å². The molecule has 1 heterocycles. The number of piperazine rings is 1. The van der Waals surface area contributed by atoms with Crippen molar-refractivity contribution in [3.05, 3.63) is 30.3 Å². The minimum atomic E-state index is 0.301. The molecule has 0 spiro atoms. The van der Waals surface area contributed by atoms with E-state index in [1.165, 1.54) is 5.69 Å². The molecule has 0 amide bonds. The summed E-state index contributed by atoms with van der Waals surface area (Å²) in [4.78, 5) is 2.59. The molecule has 106 valence electrons. The second kappa shape index (κ2) is 5.54. The molecule has 2 unspecified atom stereocenters. The zero-order valence-electron chi connectivity index (χ0n) is 13.0. The highest BCUT2D eigenvalue weighted by Gasteiger charge is 2.35. The van der Waals surface area contributed by atoms with Crippen molar-refractivity contribution < 1.29 is 0 Å². The Morgan fingerprint density at radius 1 is 1.16 bits per heavy atom. The molecule has 1 aromatic carbocycles. The third-order valence-corrected chi connectivity index (χ3v) is 4.26. The van der Waals surface area contributed by atoms with Crippen LogP contribution in [0, 0.1) is 11.3 Å². The van der Waals surface area contributed by atoms with Gasteiger partial charge in [-0.1, -0.05) is 52.8 Å².